The van der Waals surface area contributed by atoms with Crippen LogP contribution in [0.2, 0.25) is 0 Å². The zero-order valence-corrected chi connectivity index (χ0v) is 12.7. The summed E-state index contributed by atoms with van der Waals surface area (Å²) in [6.07, 6.45) is 10.4. The number of rotatable bonds is 12. The summed E-state index contributed by atoms with van der Waals surface area (Å²) < 4.78 is 10.9. The van der Waals surface area contributed by atoms with Gasteiger partial charge in [0.05, 0.1) is 5.69 Å². The van der Waals surface area contributed by atoms with Crippen LogP contribution in [0, 0.1) is 0 Å². The summed E-state index contributed by atoms with van der Waals surface area (Å²) in [5.74, 6) is 0.837. The number of hydrogen-bond donors (Lipinski definition) is 1. The maximum absolute atomic E-state index is 5.62. The minimum absolute atomic E-state index is 0.547. The third kappa shape index (κ3) is 6.53. The van der Waals surface area contributed by atoms with Gasteiger partial charge < -0.3 is 14.6 Å². The second kappa shape index (κ2) is 9.14. The molecule has 1 aliphatic carbocycles. The maximum atomic E-state index is 5.62. The standard InChI is InChI=1S/C16H28N2O2/c1-2-3-4-5-6-7-10-19-13-16-11-15(18-20-16)12-17-14-8-9-14/h11,14,17H,2-10,12-13H2,1H3. The van der Waals surface area contributed by atoms with E-state index in [0.29, 0.717) is 12.6 Å². The molecule has 0 atom stereocenters. The maximum Gasteiger partial charge on any atom is 0.162 e. The average Bonchev–Trinajstić information content (AvgIpc) is 3.18. The molecule has 1 aliphatic rings. The van der Waals surface area contributed by atoms with Gasteiger partial charge >= 0.3 is 0 Å². The van der Waals surface area contributed by atoms with Crippen molar-refractivity contribution in [1.82, 2.24) is 10.5 Å². The molecule has 20 heavy (non-hydrogen) atoms. The summed E-state index contributed by atoms with van der Waals surface area (Å²) in [5.41, 5.74) is 0.982. The van der Waals surface area contributed by atoms with Crippen molar-refractivity contribution >= 4 is 0 Å². The summed E-state index contributed by atoms with van der Waals surface area (Å²) in [5, 5.41) is 7.47. The Morgan fingerprint density at radius 1 is 1.25 bits per heavy atom. The zero-order chi connectivity index (χ0) is 14.0. The van der Waals surface area contributed by atoms with E-state index in [1.165, 1.54) is 44.9 Å². The number of unbranched alkanes of at least 4 members (excludes halogenated alkanes) is 5. The second-order valence-electron chi connectivity index (χ2n) is 5.76. The summed E-state index contributed by atoms with van der Waals surface area (Å²) in [4.78, 5) is 0. The monoisotopic (exact) mass is 280 g/mol. The highest BCUT2D eigenvalue weighted by Gasteiger charge is 2.20. The van der Waals surface area contributed by atoms with Crippen molar-refractivity contribution < 1.29 is 9.26 Å². The minimum Gasteiger partial charge on any atom is -0.373 e. The van der Waals surface area contributed by atoms with E-state index in [-0.39, 0.29) is 0 Å². The SMILES string of the molecule is CCCCCCCCOCc1cc(CNC2CC2)no1. The molecule has 2 rings (SSSR count). The first kappa shape index (κ1) is 15.5. The molecule has 1 fully saturated rings. The molecule has 0 aromatic carbocycles. The van der Waals surface area contributed by atoms with E-state index in [4.69, 9.17) is 9.26 Å². The average molecular weight is 280 g/mol. The van der Waals surface area contributed by atoms with Crippen LogP contribution in [0.5, 0.6) is 0 Å². The van der Waals surface area contributed by atoms with Gasteiger partial charge in [-0.25, -0.2) is 0 Å². The van der Waals surface area contributed by atoms with Crippen LogP contribution in [-0.2, 0) is 17.9 Å². The van der Waals surface area contributed by atoms with E-state index < -0.39 is 0 Å². The Bertz CT molecular complexity index is 361. The number of nitrogens with zero attached hydrogens (tertiary/aromatic N) is 1. The van der Waals surface area contributed by atoms with Crippen molar-refractivity contribution in [3.05, 3.63) is 17.5 Å². The van der Waals surface area contributed by atoms with Crippen LogP contribution >= 0.6 is 0 Å². The summed E-state index contributed by atoms with van der Waals surface area (Å²) in [6.45, 7) is 4.43. The fourth-order valence-corrected chi connectivity index (χ4v) is 2.20. The van der Waals surface area contributed by atoms with Crippen LogP contribution in [0.3, 0.4) is 0 Å². The van der Waals surface area contributed by atoms with Gasteiger partial charge in [-0.1, -0.05) is 44.2 Å². The van der Waals surface area contributed by atoms with Gasteiger partial charge in [0.15, 0.2) is 5.76 Å². The third-order valence-corrected chi connectivity index (χ3v) is 3.64. The smallest absolute Gasteiger partial charge is 0.162 e. The molecule has 114 valence electrons. The first-order valence-corrected chi connectivity index (χ1v) is 8.14. The lowest BCUT2D eigenvalue weighted by Crippen LogP contribution is -2.15. The molecular weight excluding hydrogens is 252 g/mol. The van der Waals surface area contributed by atoms with Gasteiger partial charge in [0.1, 0.15) is 6.61 Å². The van der Waals surface area contributed by atoms with Crippen molar-refractivity contribution in [2.24, 2.45) is 0 Å². The largest absolute Gasteiger partial charge is 0.373 e. The first-order chi connectivity index (χ1) is 9.88. The number of ether oxygens (including phenoxy) is 1. The van der Waals surface area contributed by atoms with Crippen molar-refractivity contribution in [3.8, 4) is 0 Å². The van der Waals surface area contributed by atoms with Gasteiger partial charge in [0.2, 0.25) is 0 Å². The molecule has 1 aromatic rings. The highest BCUT2D eigenvalue weighted by molar-refractivity contribution is 5.04. The molecule has 0 bridgehead atoms. The Labute approximate surface area is 122 Å². The molecule has 1 aromatic heterocycles. The Morgan fingerprint density at radius 2 is 2.05 bits per heavy atom. The van der Waals surface area contributed by atoms with Crippen molar-refractivity contribution in [1.29, 1.82) is 0 Å². The summed E-state index contributed by atoms with van der Waals surface area (Å²) in [6, 6.07) is 2.70. The molecule has 0 saturated heterocycles. The van der Waals surface area contributed by atoms with Crippen LogP contribution in [0.1, 0.15) is 69.7 Å². The van der Waals surface area contributed by atoms with Gasteiger partial charge in [0.25, 0.3) is 0 Å². The lowest BCUT2D eigenvalue weighted by atomic mass is 10.1. The number of hydrogen-bond acceptors (Lipinski definition) is 4. The molecule has 0 spiro atoms. The molecule has 1 saturated carbocycles. The van der Waals surface area contributed by atoms with Gasteiger partial charge in [-0.15, -0.1) is 0 Å². The van der Waals surface area contributed by atoms with Crippen molar-refractivity contribution in [2.75, 3.05) is 6.61 Å². The van der Waals surface area contributed by atoms with Crippen LogP contribution in [0.15, 0.2) is 10.6 Å². The highest BCUT2D eigenvalue weighted by Crippen LogP contribution is 2.19. The van der Waals surface area contributed by atoms with Crippen LogP contribution in [0.25, 0.3) is 0 Å². The minimum atomic E-state index is 0.547. The van der Waals surface area contributed by atoms with Gasteiger partial charge in [-0.3, -0.25) is 0 Å². The Morgan fingerprint density at radius 3 is 2.85 bits per heavy atom. The molecular formula is C16H28N2O2. The Kier molecular flexibility index (Phi) is 7.09. The van der Waals surface area contributed by atoms with Crippen LogP contribution in [0.4, 0.5) is 0 Å². The van der Waals surface area contributed by atoms with Crippen molar-refractivity contribution in [3.63, 3.8) is 0 Å². The van der Waals surface area contributed by atoms with Gasteiger partial charge in [-0.05, 0) is 19.3 Å². The van der Waals surface area contributed by atoms with E-state index in [0.717, 1.165) is 31.0 Å². The van der Waals surface area contributed by atoms with E-state index in [1.807, 2.05) is 6.07 Å². The van der Waals surface area contributed by atoms with Crippen LogP contribution in [-0.4, -0.2) is 17.8 Å². The Balaban J connectivity index is 1.46. The van der Waals surface area contributed by atoms with Gasteiger partial charge in [0, 0.05) is 25.3 Å². The predicted molar refractivity (Wildman–Crippen MR) is 79.4 cm³/mol. The molecule has 0 unspecified atom stereocenters. The highest BCUT2D eigenvalue weighted by atomic mass is 16.5. The van der Waals surface area contributed by atoms with E-state index in [2.05, 4.69) is 17.4 Å². The molecule has 0 radical (unpaired) electrons. The number of nitrogens with one attached hydrogen (secondary N) is 1. The van der Waals surface area contributed by atoms with E-state index in [1.54, 1.807) is 0 Å². The Hall–Kier alpha value is -0.870. The summed E-state index contributed by atoms with van der Waals surface area (Å²) >= 11 is 0. The predicted octanol–water partition coefficient (Wildman–Crippen LogP) is 3.80. The molecule has 0 aliphatic heterocycles. The van der Waals surface area contributed by atoms with E-state index >= 15 is 0 Å². The van der Waals surface area contributed by atoms with Crippen LogP contribution < -0.4 is 5.32 Å². The molecule has 4 heteroatoms. The number of aromatic nitrogens is 1. The van der Waals surface area contributed by atoms with E-state index in [9.17, 15) is 0 Å². The lowest BCUT2D eigenvalue weighted by Gasteiger charge is -2.01. The van der Waals surface area contributed by atoms with Crippen molar-refractivity contribution in [2.45, 2.75) is 77.5 Å². The molecule has 1 N–H and O–H groups in total. The fourth-order valence-electron chi connectivity index (χ4n) is 2.20. The second-order valence-corrected chi connectivity index (χ2v) is 5.76. The first-order valence-electron chi connectivity index (χ1n) is 8.14. The molecule has 0 amide bonds. The third-order valence-electron chi connectivity index (χ3n) is 3.64. The lowest BCUT2D eigenvalue weighted by molar-refractivity contribution is 0.0975. The quantitative estimate of drug-likeness (QED) is 0.592. The molecule has 4 nitrogen and oxygen atoms in total. The summed E-state index contributed by atoms with van der Waals surface area (Å²) in [7, 11) is 0. The molecule has 1 heterocycles. The zero-order valence-electron chi connectivity index (χ0n) is 12.7. The normalized spacial score (nSPS) is 14.8. The van der Waals surface area contributed by atoms with Gasteiger partial charge in [-0.2, -0.15) is 0 Å². The topological polar surface area (TPSA) is 47.3 Å². The fraction of sp³-hybridized carbons (Fsp3) is 0.812.